The maximum Gasteiger partial charge on any atom is 0.191 e. The second-order valence-electron chi connectivity index (χ2n) is 8.51. The first-order valence-corrected chi connectivity index (χ1v) is 11.9. The minimum Gasteiger partial charge on any atom is -0.393 e. The van der Waals surface area contributed by atoms with Crippen LogP contribution in [-0.2, 0) is 6.54 Å². The Morgan fingerprint density at radius 1 is 1.07 bits per heavy atom. The van der Waals surface area contributed by atoms with E-state index < -0.39 is 0 Å². The summed E-state index contributed by atoms with van der Waals surface area (Å²) in [6.07, 6.45) is 5.05. The average Bonchev–Trinajstić information content (AvgIpc) is 2.75. The number of aliphatic hydroxyl groups is 1. The molecule has 2 aliphatic rings. The standard InChI is InChI=1S/C23H38ClN5O/c1-2-25-23(26-12-3-13-28-16-10-22(30)11-17-28)27-21-8-14-29(15-9-21)18-19-4-6-20(24)7-5-19/h4-7,21-22,30H,2-3,8-18H2,1H3,(H2,25,26,27). The summed E-state index contributed by atoms with van der Waals surface area (Å²) >= 11 is 5.99. The van der Waals surface area contributed by atoms with E-state index in [-0.39, 0.29) is 6.10 Å². The lowest BCUT2D eigenvalue weighted by Crippen LogP contribution is -2.48. The zero-order chi connectivity index (χ0) is 21.2. The number of hydrogen-bond acceptors (Lipinski definition) is 4. The second kappa shape index (κ2) is 12.5. The predicted molar refractivity (Wildman–Crippen MR) is 125 cm³/mol. The highest BCUT2D eigenvalue weighted by molar-refractivity contribution is 6.30. The van der Waals surface area contributed by atoms with Crippen molar-refractivity contribution in [3.8, 4) is 0 Å². The summed E-state index contributed by atoms with van der Waals surface area (Å²) in [6, 6.07) is 8.66. The van der Waals surface area contributed by atoms with Gasteiger partial charge in [-0.05, 0) is 63.3 Å². The van der Waals surface area contributed by atoms with E-state index in [2.05, 4.69) is 39.5 Å². The van der Waals surface area contributed by atoms with E-state index in [4.69, 9.17) is 16.6 Å². The van der Waals surface area contributed by atoms with Crippen molar-refractivity contribution in [3.63, 3.8) is 0 Å². The molecule has 2 fully saturated rings. The van der Waals surface area contributed by atoms with Crippen molar-refractivity contribution >= 4 is 17.6 Å². The van der Waals surface area contributed by atoms with Crippen molar-refractivity contribution in [1.82, 2.24) is 20.4 Å². The number of hydrogen-bond donors (Lipinski definition) is 3. The fourth-order valence-electron chi connectivity index (χ4n) is 4.22. The highest BCUT2D eigenvalue weighted by Crippen LogP contribution is 2.16. The number of halogens is 1. The summed E-state index contributed by atoms with van der Waals surface area (Å²) in [7, 11) is 0. The number of benzene rings is 1. The highest BCUT2D eigenvalue weighted by Gasteiger charge is 2.20. The van der Waals surface area contributed by atoms with Crippen molar-refractivity contribution in [3.05, 3.63) is 34.9 Å². The molecule has 1 aromatic carbocycles. The Balaban J connectivity index is 1.36. The van der Waals surface area contributed by atoms with Gasteiger partial charge in [0.15, 0.2) is 5.96 Å². The number of piperidine rings is 2. The molecular weight excluding hydrogens is 398 g/mol. The SMILES string of the molecule is CCNC(=NCCCN1CCC(O)CC1)NC1CCN(Cc2ccc(Cl)cc2)CC1. The molecular formula is C23H38ClN5O. The summed E-state index contributed by atoms with van der Waals surface area (Å²) in [6.45, 7) is 10.1. The van der Waals surface area contributed by atoms with E-state index in [0.29, 0.717) is 6.04 Å². The number of nitrogens with zero attached hydrogens (tertiary/aromatic N) is 3. The van der Waals surface area contributed by atoms with Crippen molar-refractivity contribution in [1.29, 1.82) is 0 Å². The summed E-state index contributed by atoms with van der Waals surface area (Å²) in [5.74, 6) is 0.947. The normalized spacial score (nSPS) is 20.4. The summed E-state index contributed by atoms with van der Waals surface area (Å²) in [5.41, 5.74) is 1.32. The zero-order valence-corrected chi connectivity index (χ0v) is 19.1. The highest BCUT2D eigenvalue weighted by atomic mass is 35.5. The van der Waals surface area contributed by atoms with Gasteiger partial charge in [0.2, 0.25) is 0 Å². The van der Waals surface area contributed by atoms with E-state index in [1.165, 1.54) is 5.56 Å². The number of aliphatic imine (C=N–C) groups is 1. The number of aliphatic hydroxyl groups excluding tert-OH is 1. The van der Waals surface area contributed by atoms with Crippen molar-refractivity contribution in [2.75, 3.05) is 45.8 Å². The predicted octanol–water partition coefficient (Wildman–Crippen LogP) is 2.71. The van der Waals surface area contributed by atoms with Crippen LogP contribution in [0.2, 0.25) is 5.02 Å². The van der Waals surface area contributed by atoms with Gasteiger partial charge in [-0.2, -0.15) is 0 Å². The third-order valence-corrected chi connectivity index (χ3v) is 6.30. The van der Waals surface area contributed by atoms with E-state index in [0.717, 1.165) is 95.4 Å². The first kappa shape index (κ1) is 23.3. The van der Waals surface area contributed by atoms with Crippen LogP contribution in [0.1, 0.15) is 44.6 Å². The maximum atomic E-state index is 9.61. The maximum absolute atomic E-state index is 9.61. The van der Waals surface area contributed by atoms with Gasteiger partial charge in [0.1, 0.15) is 0 Å². The molecule has 0 atom stereocenters. The second-order valence-corrected chi connectivity index (χ2v) is 8.94. The lowest BCUT2D eigenvalue weighted by Gasteiger charge is -2.33. The van der Waals surface area contributed by atoms with Crippen LogP contribution in [0.5, 0.6) is 0 Å². The van der Waals surface area contributed by atoms with Gasteiger partial charge in [-0.1, -0.05) is 23.7 Å². The van der Waals surface area contributed by atoms with Crippen molar-refractivity contribution in [2.45, 2.75) is 57.7 Å². The largest absolute Gasteiger partial charge is 0.393 e. The Kier molecular flexibility index (Phi) is 9.72. The molecule has 1 aromatic rings. The molecule has 0 aliphatic carbocycles. The first-order chi connectivity index (χ1) is 14.6. The molecule has 3 rings (SSSR count). The minimum absolute atomic E-state index is 0.0959. The average molecular weight is 436 g/mol. The van der Waals surface area contributed by atoms with Gasteiger partial charge >= 0.3 is 0 Å². The van der Waals surface area contributed by atoms with Crippen molar-refractivity contribution in [2.24, 2.45) is 4.99 Å². The zero-order valence-electron chi connectivity index (χ0n) is 18.3. The topological polar surface area (TPSA) is 63.1 Å². The fourth-order valence-corrected chi connectivity index (χ4v) is 4.35. The molecule has 168 valence electrons. The molecule has 3 N–H and O–H groups in total. The van der Waals surface area contributed by atoms with Gasteiger partial charge in [-0.3, -0.25) is 9.89 Å². The van der Waals surface area contributed by atoms with Crippen LogP contribution in [-0.4, -0.2) is 78.8 Å². The number of guanidine groups is 1. The van der Waals surface area contributed by atoms with Gasteiger partial charge < -0.3 is 20.6 Å². The van der Waals surface area contributed by atoms with Gasteiger partial charge in [-0.15, -0.1) is 0 Å². The van der Waals surface area contributed by atoms with Crippen LogP contribution in [0.4, 0.5) is 0 Å². The third-order valence-electron chi connectivity index (χ3n) is 6.05. The van der Waals surface area contributed by atoms with Gasteiger partial charge in [-0.25, -0.2) is 0 Å². The molecule has 0 bridgehead atoms. The van der Waals surface area contributed by atoms with E-state index >= 15 is 0 Å². The lowest BCUT2D eigenvalue weighted by molar-refractivity contribution is 0.0824. The Morgan fingerprint density at radius 2 is 1.73 bits per heavy atom. The first-order valence-electron chi connectivity index (χ1n) is 11.5. The summed E-state index contributed by atoms with van der Waals surface area (Å²) in [5, 5.41) is 17.4. The Hall–Kier alpha value is -1.34. The number of nitrogens with one attached hydrogen (secondary N) is 2. The van der Waals surface area contributed by atoms with Crippen LogP contribution >= 0.6 is 11.6 Å². The van der Waals surface area contributed by atoms with E-state index in [1.807, 2.05) is 12.1 Å². The molecule has 0 spiro atoms. The molecule has 0 saturated carbocycles. The van der Waals surface area contributed by atoms with Crippen molar-refractivity contribution < 1.29 is 5.11 Å². The van der Waals surface area contributed by atoms with Crippen LogP contribution in [0.25, 0.3) is 0 Å². The molecule has 0 aromatic heterocycles. The van der Waals surface area contributed by atoms with Gasteiger partial charge in [0, 0.05) is 56.9 Å². The van der Waals surface area contributed by atoms with Crippen LogP contribution in [0, 0.1) is 0 Å². The molecule has 7 heteroatoms. The molecule has 0 radical (unpaired) electrons. The molecule has 2 heterocycles. The Labute approximate surface area is 186 Å². The van der Waals surface area contributed by atoms with Crippen LogP contribution in [0.3, 0.4) is 0 Å². The minimum atomic E-state index is -0.0959. The molecule has 0 unspecified atom stereocenters. The molecule has 6 nitrogen and oxygen atoms in total. The third kappa shape index (κ3) is 8.06. The lowest BCUT2D eigenvalue weighted by atomic mass is 10.0. The van der Waals surface area contributed by atoms with Gasteiger partial charge in [0.25, 0.3) is 0 Å². The molecule has 0 amide bonds. The summed E-state index contributed by atoms with van der Waals surface area (Å²) in [4.78, 5) is 9.75. The smallest absolute Gasteiger partial charge is 0.191 e. The van der Waals surface area contributed by atoms with Crippen LogP contribution in [0.15, 0.2) is 29.3 Å². The Bertz CT molecular complexity index is 637. The van der Waals surface area contributed by atoms with Crippen LogP contribution < -0.4 is 10.6 Å². The molecule has 30 heavy (non-hydrogen) atoms. The number of rotatable bonds is 8. The molecule has 2 saturated heterocycles. The Morgan fingerprint density at radius 3 is 2.40 bits per heavy atom. The van der Waals surface area contributed by atoms with Gasteiger partial charge in [0.05, 0.1) is 6.10 Å². The fraction of sp³-hybridized carbons (Fsp3) is 0.696. The quantitative estimate of drug-likeness (QED) is 0.333. The molecule has 2 aliphatic heterocycles. The van der Waals surface area contributed by atoms with E-state index in [1.54, 1.807) is 0 Å². The monoisotopic (exact) mass is 435 g/mol. The van der Waals surface area contributed by atoms with E-state index in [9.17, 15) is 5.11 Å². The number of likely N-dealkylation sites (tertiary alicyclic amines) is 2. The summed E-state index contributed by atoms with van der Waals surface area (Å²) < 4.78 is 0.